The lowest BCUT2D eigenvalue weighted by atomic mass is 9.89. The fourth-order valence-corrected chi connectivity index (χ4v) is 1.36. The molecule has 0 heterocycles. The zero-order valence-corrected chi connectivity index (χ0v) is 11.8. The molecule has 1 rings (SSSR count). The molecule has 0 fully saturated rings. The van der Waals surface area contributed by atoms with E-state index in [0.29, 0.717) is 0 Å². The summed E-state index contributed by atoms with van der Waals surface area (Å²) in [5, 5.41) is 4.39. The molecule has 1 aromatic carbocycles. The maximum atomic E-state index is 5.38. The number of hydrazone groups is 1. The zero-order chi connectivity index (χ0) is 13.6. The third-order valence-corrected chi connectivity index (χ3v) is 2.38. The molecule has 0 radical (unpaired) electrons. The van der Waals surface area contributed by atoms with E-state index in [0.717, 1.165) is 11.3 Å². The summed E-state index contributed by atoms with van der Waals surface area (Å²) in [6.45, 7) is 6.26. The molecule has 0 saturated carbocycles. The van der Waals surface area contributed by atoms with Crippen molar-refractivity contribution in [3.8, 4) is 0 Å². The monoisotopic (exact) mass is 261 g/mol. The van der Waals surface area contributed by atoms with Crippen LogP contribution in [-0.2, 0) is 0 Å². The summed E-state index contributed by atoms with van der Waals surface area (Å²) in [6, 6.07) is 10.1. The summed E-state index contributed by atoms with van der Waals surface area (Å²) >= 11 is 4.75. The molecule has 0 saturated heterocycles. The number of allylic oxidation sites excluding steroid dienone is 1. The van der Waals surface area contributed by atoms with Gasteiger partial charge in [-0.2, -0.15) is 5.10 Å². The summed E-state index contributed by atoms with van der Waals surface area (Å²) in [5.74, 6) is 0. The van der Waals surface area contributed by atoms with Crippen LogP contribution in [0.2, 0.25) is 0 Å². The van der Waals surface area contributed by atoms with Crippen LogP contribution in [0.3, 0.4) is 0 Å². The van der Waals surface area contributed by atoms with Crippen molar-refractivity contribution < 1.29 is 0 Å². The smallest absolute Gasteiger partial charge is 0.184 e. The summed E-state index contributed by atoms with van der Waals surface area (Å²) in [7, 11) is 0. The molecule has 0 aliphatic carbocycles. The van der Waals surface area contributed by atoms with Crippen molar-refractivity contribution in [1.82, 2.24) is 5.43 Å². The average Bonchev–Trinajstić information content (AvgIpc) is 2.28. The Morgan fingerprint density at radius 1 is 1.28 bits per heavy atom. The highest BCUT2D eigenvalue weighted by molar-refractivity contribution is 7.80. The van der Waals surface area contributed by atoms with Gasteiger partial charge in [-0.05, 0) is 23.9 Å². The number of nitrogens with zero attached hydrogens (tertiary/aromatic N) is 1. The van der Waals surface area contributed by atoms with E-state index in [1.165, 1.54) is 0 Å². The van der Waals surface area contributed by atoms with Crippen molar-refractivity contribution in [3.05, 3.63) is 42.0 Å². The molecular formula is C14H19N3S. The number of hydrogen-bond acceptors (Lipinski definition) is 2. The Morgan fingerprint density at radius 2 is 1.89 bits per heavy atom. The molecule has 0 amide bonds. The number of benzene rings is 1. The van der Waals surface area contributed by atoms with E-state index in [4.69, 9.17) is 18.0 Å². The van der Waals surface area contributed by atoms with Crippen LogP contribution >= 0.6 is 12.2 Å². The predicted molar refractivity (Wildman–Crippen MR) is 82.3 cm³/mol. The second kappa shape index (κ2) is 6.31. The Balaban J connectivity index is 2.89. The van der Waals surface area contributed by atoms with E-state index in [2.05, 4.69) is 31.3 Å². The standard InChI is InChI=1S/C14H19N3S/c1-14(2,3)12(16-17-13(15)18)10-9-11-7-5-4-6-8-11/h4-10H,1-3H3,(H3,15,17,18)/b10-9+,16-12-. The van der Waals surface area contributed by atoms with Crippen molar-refractivity contribution >= 4 is 29.1 Å². The second-order valence-electron chi connectivity index (χ2n) is 4.97. The van der Waals surface area contributed by atoms with Gasteiger partial charge in [0.25, 0.3) is 0 Å². The molecule has 0 bridgehead atoms. The Labute approximate surface area is 114 Å². The van der Waals surface area contributed by atoms with Gasteiger partial charge in [0.1, 0.15) is 0 Å². The second-order valence-corrected chi connectivity index (χ2v) is 5.41. The number of rotatable bonds is 3. The van der Waals surface area contributed by atoms with Gasteiger partial charge in [0.05, 0.1) is 5.71 Å². The van der Waals surface area contributed by atoms with Crippen LogP contribution in [-0.4, -0.2) is 10.8 Å². The summed E-state index contributed by atoms with van der Waals surface area (Å²) in [5.41, 5.74) is 9.95. The van der Waals surface area contributed by atoms with Crippen LogP contribution in [0.4, 0.5) is 0 Å². The molecule has 1 aromatic rings. The lowest BCUT2D eigenvalue weighted by Gasteiger charge is -2.18. The molecule has 0 aromatic heterocycles. The van der Waals surface area contributed by atoms with Gasteiger partial charge in [-0.25, -0.2) is 0 Å². The van der Waals surface area contributed by atoms with Crippen LogP contribution < -0.4 is 11.2 Å². The number of hydrogen-bond donors (Lipinski definition) is 2. The summed E-state index contributed by atoms with van der Waals surface area (Å²) in [6.07, 6.45) is 3.99. The molecule has 4 heteroatoms. The Hall–Kier alpha value is -1.68. The molecular weight excluding hydrogens is 242 g/mol. The van der Waals surface area contributed by atoms with E-state index in [1.807, 2.05) is 42.5 Å². The van der Waals surface area contributed by atoms with Gasteiger partial charge in [0, 0.05) is 5.41 Å². The number of nitrogens with one attached hydrogen (secondary N) is 1. The normalized spacial score (nSPS) is 12.7. The lowest BCUT2D eigenvalue weighted by Crippen LogP contribution is -2.28. The highest BCUT2D eigenvalue weighted by Gasteiger charge is 2.16. The molecule has 3 nitrogen and oxygen atoms in total. The van der Waals surface area contributed by atoms with E-state index in [9.17, 15) is 0 Å². The molecule has 0 unspecified atom stereocenters. The minimum atomic E-state index is -0.0803. The number of thiocarbonyl (C=S) groups is 1. The largest absolute Gasteiger partial charge is 0.375 e. The van der Waals surface area contributed by atoms with Crippen molar-refractivity contribution in [2.24, 2.45) is 16.3 Å². The van der Waals surface area contributed by atoms with Gasteiger partial charge >= 0.3 is 0 Å². The summed E-state index contributed by atoms with van der Waals surface area (Å²) in [4.78, 5) is 0. The van der Waals surface area contributed by atoms with E-state index < -0.39 is 0 Å². The van der Waals surface area contributed by atoms with Crippen LogP contribution in [0.25, 0.3) is 6.08 Å². The Kier molecular flexibility index (Phi) is 5.04. The molecule has 3 N–H and O–H groups in total. The molecule has 0 atom stereocenters. The Bertz CT molecular complexity index is 456. The lowest BCUT2D eigenvalue weighted by molar-refractivity contribution is 0.589. The zero-order valence-electron chi connectivity index (χ0n) is 11.0. The predicted octanol–water partition coefficient (Wildman–Crippen LogP) is 2.94. The first kappa shape index (κ1) is 14.4. The van der Waals surface area contributed by atoms with Gasteiger partial charge in [0.15, 0.2) is 5.11 Å². The van der Waals surface area contributed by atoms with Gasteiger partial charge in [-0.15, -0.1) is 0 Å². The van der Waals surface area contributed by atoms with E-state index in [-0.39, 0.29) is 10.5 Å². The van der Waals surface area contributed by atoms with Gasteiger partial charge in [-0.1, -0.05) is 57.2 Å². The number of nitrogens with two attached hydrogens (primary N) is 1. The first-order valence-electron chi connectivity index (χ1n) is 5.76. The quantitative estimate of drug-likeness (QED) is 0.500. The maximum Gasteiger partial charge on any atom is 0.184 e. The van der Waals surface area contributed by atoms with Crippen LogP contribution in [0.15, 0.2) is 41.5 Å². The Morgan fingerprint density at radius 3 is 2.39 bits per heavy atom. The molecule has 96 valence electrons. The van der Waals surface area contributed by atoms with Gasteiger partial charge in [-0.3, -0.25) is 5.43 Å². The molecule has 0 aliphatic heterocycles. The van der Waals surface area contributed by atoms with Crippen LogP contribution in [0.5, 0.6) is 0 Å². The van der Waals surface area contributed by atoms with Crippen molar-refractivity contribution in [2.45, 2.75) is 20.8 Å². The van der Waals surface area contributed by atoms with Crippen molar-refractivity contribution in [2.75, 3.05) is 0 Å². The van der Waals surface area contributed by atoms with Crippen LogP contribution in [0, 0.1) is 5.41 Å². The first-order chi connectivity index (χ1) is 8.39. The fourth-order valence-electron chi connectivity index (χ4n) is 1.31. The summed E-state index contributed by atoms with van der Waals surface area (Å²) < 4.78 is 0. The topological polar surface area (TPSA) is 50.4 Å². The van der Waals surface area contributed by atoms with E-state index >= 15 is 0 Å². The fraction of sp³-hybridized carbons (Fsp3) is 0.286. The van der Waals surface area contributed by atoms with Crippen molar-refractivity contribution in [1.29, 1.82) is 0 Å². The third kappa shape index (κ3) is 5.10. The molecule has 0 aliphatic rings. The highest BCUT2D eigenvalue weighted by Crippen LogP contribution is 2.17. The first-order valence-corrected chi connectivity index (χ1v) is 6.17. The maximum absolute atomic E-state index is 5.38. The minimum Gasteiger partial charge on any atom is -0.375 e. The minimum absolute atomic E-state index is 0.0803. The highest BCUT2D eigenvalue weighted by atomic mass is 32.1. The van der Waals surface area contributed by atoms with Crippen LogP contribution in [0.1, 0.15) is 26.3 Å². The molecule has 0 spiro atoms. The van der Waals surface area contributed by atoms with Gasteiger partial charge in [0.2, 0.25) is 0 Å². The third-order valence-electron chi connectivity index (χ3n) is 2.29. The molecule has 18 heavy (non-hydrogen) atoms. The van der Waals surface area contributed by atoms with E-state index in [1.54, 1.807) is 0 Å². The van der Waals surface area contributed by atoms with Gasteiger partial charge < -0.3 is 5.73 Å². The SMILES string of the molecule is CC(C)(C)C(/C=C/c1ccccc1)=N\NC(N)=S. The average molecular weight is 261 g/mol. The van der Waals surface area contributed by atoms with Crippen molar-refractivity contribution in [3.63, 3.8) is 0 Å².